The molecule has 1 saturated heterocycles. The second kappa shape index (κ2) is 6.50. The van der Waals surface area contributed by atoms with E-state index in [9.17, 15) is 18.3 Å². The van der Waals surface area contributed by atoms with E-state index in [0.29, 0.717) is 47.8 Å². The second-order valence-corrected chi connectivity index (χ2v) is 6.60. The van der Waals surface area contributed by atoms with Crippen LogP contribution in [0.25, 0.3) is 16.9 Å². The summed E-state index contributed by atoms with van der Waals surface area (Å²) in [5.41, 5.74) is 6.68. The number of benzene rings is 1. The summed E-state index contributed by atoms with van der Waals surface area (Å²) in [6.07, 6.45) is 0.536. The molecule has 0 aliphatic carbocycles. The summed E-state index contributed by atoms with van der Waals surface area (Å²) in [6, 6.07) is 3.80. The maximum atomic E-state index is 13.2. The summed E-state index contributed by atoms with van der Waals surface area (Å²) in [4.78, 5) is 10.7. The number of fused-ring (bicyclic) bond motifs is 1. The first-order valence-corrected chi connectivity index (χ1v) is 8.53. The molecule has 0 radical (unpaired) electrons. The zero-order valence-electron chi connectivity index (χ0n) is 14.3. The molecule has 1 aliphatic heterocycles. The number of rotatable bonds is 3. The van der Waals surface area contributed by atoms with Crippen molar-refractivity contribution in [3.63, 3.8) is 0 Å². The van der Waals surface area contributed by atoms with Crippen LogP contribution >= 0.6 is 0 Å². The van der Waals surface area contributed by atoms with Crippen molar-refractivity contribution in [2.75, 3.05) is 18.0 Å². The molecule has 1 atom stereocenters. The highest BCUT2D eigenvalue weighted by atomic mass is 19.4. The van der Waals surface area contributed by atoms with Gasteiger partial charge in [-0.25, -0.2) is 9.97 Å². The molecule has 9 heteroatoms. The van der Waals surface area contributed by atoms with E-state index in [1.807, 2.05) is 4.90 Å². The predicted octanol–water partition coefficient (Wildman–Crippen LogP) is 2.44. The van der Waals surface area contributed by atoms with Crippen molar-refractivity contribution in [3.05, 3.63) is 47.9 Å². The fourth-order valence-corrected chi connectivity index (χ4v) is 3.40. The standard InChI is InChI=1S/C18H18F3N5O/c19-18(20,21)13-6-11(8-22)5-12(7-13)15-9-24-17-16(23-2-4-26(15)17)25-3-1-14(27)10-25/h2,4-7,9,14,27H,1,3,8,10,22H2. The van der Waals surface area contributed by atoms with Gasteiger partial charge in [0.15, 0.2) is 11.5 Å². The largest absolute Gasteiger partial charge is 0.416 e. The van der Waals surface area contributed by atoms with Crippen LogP contribution in [0.3, 0.4) is 0 Å². The first-order chi connectivity index (χ1) is 12.9. The third-order valence-corrected chi connectivity index (χ3v) is 4.72. The number of aliphatic hydroxyl groups is 1. The van der Waals surface area contributed by atoms with Crippen LogP contribution in [-0.4, -0.2) is 38.7 Å². The van der Waals surface area contributed by atoms with Crippen molar-refractivity contribution in [3.8, 4) is 11.3 Å². The van der Waals surface area contributed by atoms with Crippen LogP contribution in [0.15, 0.2) is 36.8 Å². The number of hydrogen-bond acceptors (Lipinski definition) is 5. The number of imidazole rings is 1. The summed E-state index contributed by atoms with van der Waals surface area (Å²) < 4.78 is 41.4. The first-order valence-electron chi connectivity index (χ1n) is 8.53. The minimum absolute atomic E-state index is 0.00608. The lowest BCUT2D eigenvalue weighted by atomic mass is 10.0. The van der Waals surface area contributed by atoms with Gasteiger partial charge in [-0.2, -0.15) is 13.2 Å². The van der Waals surface area contributed by atoms with Gasteiger partial charge >= 0.3 is 6.18 Å². The molecule has 2 aromatic heterocycles. The van der Waals surface area contributed by atoms with Crippen molar-refractivity contribution < 1.29 is 18.3 Å². The van der Waals surface area contributed by atoms with Gasteiger partial charge in [0.05, 0.1) is 23.6 Å². The Morgan fingerprint density at radius 2 is 2.04 bits per heavy atom. The monoisotopic (exact) mass is 377 g/mol. The highest BCUT2D eigenvalue weighted by Gasteiger charge is 2.31. The topological polar surface area (TPSA) is 79.7 Å². The molecule has 1 aliphatic rings. The Hall–Kier alpha value is -2.65. The molecule has 3 N–H and O–H groups in total. The van der Waals surface area contributed by atoms with Crippen LogP contribution in [0.1, 0.15) is 17.5 Å². The Morgan fingerprint density at radius 1 is 1.22 bits per heavy atom. The van der Waals surface area contributed by atoms with Crippen LogP contribution in [0, 0.1) is 0 Å². The quantitative estimate of drug-likeness (QED) is 0.733. The summed E-state index contributed by atoms with van der Waals surface area (Å²) in [5.74, 6) is 0.603. The van der Waals surface area contributed by atoms with Gasteiger partial charge in [-0.15, -0.1) is 0 Å². The minimum Gasteiger partial charge on any atom is -0.391 e. The smallest absolute Gasteiger partial charge is 0.391 e. The van der Waals surface area contributed by atoms with Gasteiger partial charge in [0.25, 0.3) is 0 Å². The van der Waals surface area contributed by atoms with Gasteiger partial charge in [0, 0.05) is 37.6 Å². The van der Waals surface area contributed by atoms with Crippen LogP contribution in [0.5, 0.6) is 0 Å². The van der Waals surface area contributed by atoms with E-state index >= 15 is 0 Å². The maximum absolute atomic E-state index is 13.2. The fourth-order valence-electron chi connectivity index (χ4n) is 3.40. The number of aliphatic hydroxyl groups excluding tert-OH is 1. The Labute approximate surface area is 153 Å². The molecule has 27 heavy (non-hydrogen) atoms. The Bertz CT molecular complexity index is 985. The van der Waals surface area contributed by atoms with Gasteiger partial charge in [-0.3, -0.25) is 4.40 Å². The first kappa shape index (κ1) is 17.7. The molecular weight excluding hydrogens is 359 g/mol. The molecule has 3 heterocycles. The Morgan fingerprint density at radius 3 is 2.70 bits per heavy atom. The van der Waals surface area contributed by atoms with Crippen molar-refractivity contribution in [1.29, 1.82) is 0 Å². The molecule has 3 aromatic rings. The molecule has 1 fully saturated rings. The molecule has 1 aromatic carbocycles. The molecule has 1 unspecified atom stereocenters. The number of nitrogens with zero attached hydrogens (tertiary/aromatic N) is 4. The van der Waals surface area contributed by atoms with Crippen molar-refractivity contribution in [2.45, 2.75) is 25.2 Å². The normalized spacial score (nSPS) is 17.8. The average Bonchev–Trinajstić information content (AvgIpc) is 3.26. The summed E-state index contributed by atoms with van der Waals surface area (Å²) in [7, 11) is 0. The molecule has 0 bridgehead atoms. The third kappa shape index (κ3) is 3.24. The van der Waals surface area contributed by atoms with Gasteiger partial charge in [0.2, 0.25) is 0 Å². The lowest BCUT2D eigenvalue weighted by molar-refractivity contribution is -0.137. The van der Waals surface area contributed by atoms with Crippen LogP contribution in [-0.2, 0) is 12.7 Å². The number of anilines is 1. The summed E-state index contributed by atoms with van der Waals surface area (Å²) >= 11 is 0. The Kier molecular flexibility index (Phi) is 4.27. The number of nitrogens with two attached hydrogens (primary N) is 1. The van der Waals surface area contributed by atoms with Gasteiger partial charge in [-0.1, -0.05) is 0 Å². The van der Waals surface area contributed by atoms with Crippen molar-refractivity contribution in [2.24, 2.45) is 5.73 Å². The summed E-state index contributed by atoms with van der Waals surface area (Å²) in [5, 5.41) is 9.77. The molecule has 0 saturated carbocycles. The Balaban J connectivity index is 1.84. The van der Waals surface area contributed by atoms with E-state index in [2.05, 4.69) is 9.97 Å². The average molecular weight is 377 g/mol. The van der Waals surface area contributed by atoms with Crippen LogP contribution in [0.4, 0.5) is 19.0 Å². The highest BCUT2D eigenvalue weighted by molar-refractivity contribution is 5.72. The lowest BCUT2D eigenvalue weighted by Crippen LogP contribution is -2.23. The van der Waals surface area contributed by atoms with E-state index in [-0.39, 0.29) is 6.54 Å². The molecular formula is C18H18F3N5O. The lowest BCUT2D eigenvalue weighted by Gasteiger charge is -2.17. The molecule has 4 rings (SSSR count). The third-order valence-electron chi connectivity index (χ3n) is 4.72. The molecule has 6 nitrogen and oxygen atoms in total. The highest BCUT2D eigenvalue weighted by Crippen LogP contribution is 2.34. The number of aromatic nitrogens is 3. The molecule has 0 spiro atoms. The van der Waals surface area contributed by atoms with E-state index in [0.717, 1.165) is 12.1 Å². The van der Waals surface area contributed by atoms with E-state index in [1.165, 1.54) is 6.20 Å². The van der Waals surface area contributed by atoms with Gasteiger partial charge < -0.3 is 15.7 Å². The predicted molar refractivity (Wildman–Crippen MR) is 94.2 cm³/mol. The van der Waals surface area contributed by atoms with Crippen molar-refractivity contribution in [1.82, 2.24) is 14.4 Å². The minimum atomic E-state index is -4.46. The zero-order valence-corrected chi connectivity index (χ0v) is 14.3. The van der Waals surface area contributed by atoms with Crippen LogP contribution in [0.2, 0.25) is 0 Å². The fraction of sp³-hybridized carbons (Fsp3) is 0.333. The van der Waals surface area contributed by atoms with E-state index in [4.69, 9.17) is 5.73 Å². The SMILES string of the molecule is NCc1cc(-c2cnc3c(N4CCC(O)C4)nccn23)cc(C(F)(F)F)c1. The molecule has 142 valence electrons. The van der Waals surface area contributed by atoms with E-state index < -0.39 is 17.8 Å². The number of β-amino-alcohol motifs (C(OH)–C–C–N with tert-alkyl or cyclic N) is 1. The van der Waals surface area contributed by atoms with Gasteiger partial charge in [0.1, 0.15) is 0 Å². The van der Waals surface area contributed by atoms with Crippen LogP contribution < -0.4 is 10.6 Å². The number of hydrogen-bond donors (Lipinski definition) is 2. The van der Waals surface area contributed by atoms with E-state index in [1.54, 1.807) is 22.9 Å². The second-order valence-electron chi connectivity index (χ2n) is 6.60. The van der Waals surface area contributed by atoms with Crippen molar-refractivity contribution >= 4 is 11.5 Å². The van der Waals surface area contributed by atoms with Gasteiger partial charge in [-0.05, 0) is 30.2 Å². The summed E-state index contributed by atoms with van der Waals surface area (Å²) in [6.45, 7) is 1.11. The molecule has 0 amide bonds. The maximum Gasteiger partial charge on any atom is 0.416 e. The number of alkyl halides is 3. The number of halogens is 3. The zero-order chi connectivity index (χ0) is 19.2.